The summed E-state index contributed by atoms with van der Waals surface area (Å²) in [6.45, 7) is 1.95. The monoisotopic (exact) mass is 310 g/mol. The molecule has 0 saturated heterocycles. The van der Waals surface area contributed by atoms with Crippen molar-refractivity contribution in [3.63, 3.8) is 0 Å². The summed E-state index contributed by atoms with van der Waals surface area (Å²) in [5.74, 6) is 1.18. The van der Waals surface area contributed by atoms with Gasteiger partial charge in [0.2, 0.25) is 0 Å². The fourth-order valence-electron chi connectivity index (χ4n) is 2.38. The van der Waals surface area contributed by atoms with E-state index in [0.717, 1.165) is 21.9 Å². The zero-order valence-corrected chi connectivity index (χ0v) is 12.9. The third-order valence-corrected chi connectivity index (χ3v) is 5.24. The van der Waals surface area contributed by atoms with Gasteiger partial charge in [0.25, 0.3) is 0 Å². The molecular weight excluding hydrogens is 295 g/mol. The second-order valence-electron chi connectivity index (χ2n) is 5.33. The third-order valence-electron chi connectivity index (χ3n) is 3.80. The summed E-state index contributed by atoms with van der Waals surface area (Å²) in [5, 5.41) is 1.45. The number of hydrogen-bond acceptors (Lipinski definition) is 2. The van der Waals surface area contributed by atoms with E-state index >= 15 is 0 Å². The third kappa shape index (κ3) is 2.99. The van der Waals surface area contributed by atoms with Crippen molar-refractivity contribution in [2.45, 2.75) is 32.6 Å². The lowest BCUT2D eigenvalue weighted by molar-refractivity contribution is 0.311. The molecule has 106 valence electrons. The van der Waals surface area contributed by atoms with Crippen molar-refractivity contribution >= 4 is 22.9 Å². The normalized spacial score (nSPS) is 15.2. The van der Waals surface area contributed by atoms with Crippen molar-refractivity contribution in [3.05, 3.63) is 45.5 Å². The number of halogens is 2. The lowest BCUT2D eigenvalue weighted by Gasteiger charge is -2.25. The van der Waals surface area contributed by atoms with E-state index in [1.54, 1.807) is 12.1 Å². The van der Waals surface area contributed by atoms with Gasteiger partial charge in [-0.25, -0.2) is 4.39 Å². The number of thiophene rings is 1. The van der Waals surface area contributed by atoms with Crippen LogP contribution in [0.25, 0.3) is 0 Å². The molecule has 1 saturated carbocycles. The highest BCUT2D eigenvalue weighted by Gasteiger charge is 2.19. The molecule has 0 radical (unpaired) electrons. The first-order valence-electron chi connectivity index (χ1n) is 6.84. The molecule has 1 heterocycles. The smallest absolute Gasteiger partial charge is 0.182 e. The molecule has 3 rings (SSSR count). The van der Waals surface area contributed by atoms with Crippen LogP contribution in [-0.4, -0.2) is 0 Å². The molecule has 1 aliphatic rings. The molecule has 1 aromatic heterocycles. The largest absolute Gasteiger partial charge is 0.447 e. The Morgan fingerprint density at radius 2 is 2.15 bits per heavy atom. The molecule has 0 amide bonds. The summed E-state index contributed by atoms with van der Waals surface area (Å²) in [4.78, 5) is 1.03. The minimum Gasteiger partial charge on any atom is -0.447 e. The minimum absolute atomic E-state index is 0.135. The van der Waals surface area contributed by atoms with Gasteiger partial charge in [0.05, 0.1) is 5.02 Å². The Bertz CT molecular complexity index is 599. The van der Waals surface area contributed by atoms with Crippen LogP contribution in [0.15, 0.2) is 24.3 Å². The molecule has 0 N–H and O–H groups in total. The van der Waals surface area contributed by atoms with Crippen molar-refractivity contribution in [2.24, 2.45) is 5.92 Å². The molecule has 0 atom stereocenters. The first-order valence-corrected chi connectivity index (χ1v) is 8.03. The maximum absolute atomic E-state index is 13.8. The second kappa shape index (κ2) is 5.74. The Labute approximate surface area is 127 Å². The van der Waals surface area contributed by atoms with Crippen molar-refractivity contribution in [2.75, 3.05) is 0 Å². The number of hydrogen-bond donors (Lipinski definition) is 0. The highest BCUT2D eigenvalue weighted by atomic mass is 35.5. The van der Waals surface area contributed by atoms with Gasteiger partial charge >= 0.3 is 0 Å². The van der Waals surface area contributed by atoms with Crippen LogP contribution in [0.5, 0.6) is 10.8 Å². The summed E-state index contributed by atoms with van der Waals surface area (Å²) >= 11 is 7.52. The van der Waals surface area contributed by atoms with E-state index in [2.05, 4.69) is 0 Å². The van der Waals surface area contributed by atoms with E-state index in [0.29, 0.717) is 16.7 Å². The van der Waals surface area contributed by atoms with Crippen molar-refractivity contribution < 1.29 is 9.13 Å². The van der Waals surface area contributed by atoms with Crippen LogP contribution < -0.4 is 4.74 Å². The highest BCUT2D eigenvalue weighted by molar-refractivity contribution is 7.14. The van der Waals surface area contributed by atoms with E-state index in [-0.39, 0.29) is 5.82 Å². The van der Waals surface area contributed by atoms with E-state index in [9.17, 15) is 4.39 Å². The molecule has 1 aromatic carbocycles. The Balaban J connectivity index is 1.77. The average Bonchev–Trinajstić information content (AvgIpc) is 2.67. The van der Waals surface area contributed by atoms with E-state index < -0.39 is 0 Å². The molecule has 2 aromatic rings. The van der Waals surface area contributed by atoms with E-state index in [1.165, 1.54) is 36.7 Å². The quantitative estimate of drug-likeness (QED) is 0.674. The van der Waals surface area contributed by atoms with Gasteiger partial charge in [-0.15, -0.1) is 11.3 Å². The molecule has 1 nitrogen and oxygen atoms in total. The summed E-state index contributed by atoms with van der Waals surface area (Å²) in [5.41, 5.74) is 0.756. The Morgan fingerprint density at radius 1 is 1.35 bits per heavy atom. The van der Waals surface area contributed by atoms with Gasteiger partial charge in [0.1, 0.15) is 11.6 Å². The summed E-state index contributed by atoms with van der Waals surface area (Å²) in [6, 6.07) is 6.78. The van der Waals surface area contributed by atoms with Crippen LogP contribution in [0.3, 0.4) is 0 Å². The Hall–Kier alpha value is -1.06. The highest BCUT2D eigenvalue weighted by Crippen LogP contribution is 2.36. The average molecular weight is 311 g/mol. The molecule has 0 bridgehead atoms. The number of ether oxygens (including phenoxy) is 1. The summed E-state index contributed by atoms with van der Waals surface area (Å²) in [7, 11) is 0. The molecule has 0 unspecified atom stereocenters. The SMILES string of the molecule is Cc1sc(Oc2ccc(F)c(CC3CCC3)c2)cc1Cl. The van der Waals surface area contributed by atoms with Gasteiger partial charge in [-0.05, 0) is 43.0 Å². The van der Waals surface area contributed by atoms with Gasteiger partial charge in [0.15, 0.2) is 5.06 Å². The second-order valence-corrected chi connectivity index (χ2v) is 6.95. The summed E-state index contributed by atoms with van der Waals surface area (Å²) in [6.07, 6.45) is 4.51. The van der Waals surface area contributed by atoms with Crippen molar-refractivity contribution in [3.8, 4) is 10.8 Å². The van der Waals surface area contributed by atoms with Gasteiger partial charge in [-0.3, -0.25) is 0 Å². The first-order chi connectivity index (χ1) is 9.61. The lowest BCUT2D eigenvalue weighted by atomic mass is 9.81. The first kappa shape index (κ1) is 13.9. The zero-order chi connectivity index (χ0) is 14.1. The molecule has 0 spiro atoms. The fraction of sp³-hybridized carbons (Fsp3) is 0.375. The van der Waals surface area contributed by atoms with Gasteiger partial charge in [-0.2, -0.15) is 0 Å². The van der Waals surface area contributed by atoms with Crippen LogP contribution in [0.4, 0.5) is 4.39 Å². The number of rotatable bonds is 4. The maximum Gasteiger partial charge on any atom is 0.182 e. The fourth-order valence-corrected chi connectivity index (χ4v) is 3.43. The molecule has 1 fully saturated rings. The van der Waals surface area contributed by atoms with Gasteiger partial charge < -0.3 is 4.74 Å². The molecule has 4 heteroatoms. The predicted octanol–water partition coefficient (Wildman–Crippen LogP) is 5.98. The molecular formula is C16H16ClFOS. The van der Waals surface area contributed by atoms with Gasteiger partial charge in [-0.1, -0.05) is 30.9 Å². The zero-order valence-electron chi connectivity index (χ0n) is 11.3. The molecule has 1 aliphatic carbocycles. The standard InChI is InChI=1S/C16H16ClFOS/c1-10-14(17)9-16(20-10)19-13-5-6-15(18)12(8-13)7-11-3-2-4-11/h5-6,8-9,11H,2-4,7H2,1H3. The van der Waals surface area contributed by atoms with E-state index in [4.69, 9.17) is 16.3 Å². The van der Waals surface area contributed by atoms with Gasteiger partial charge in [0, 0.05) is 10.9 Å². The maximum atomic E-state index is 13.8. The van der Waals surface area contributed by atoms with E-state index in [1.807, 2.05) is 13.0 Å². The Morgan fingerprint density at radius 3 is 2.75 bits per heavy atom. The van der Waals surface area contributed by atoms with Crippen molar-refractivity contribution in [1.29, 1.82) is 0 Å². The van der Waals surface area contributed by atoms with Crippen LogP contribution in [0.2, 0.25) is 5.02 Å². The van der Waals surface area contributed by atoms with Crippen molar-refractivity contribution in [1.82, 2.24) is 0 Å². The minimum atomic E-state index is -0.135. The lowest BCUT2D eigenvalue weighted by Crippen LogP contribution is -2.14. The van der Waals surface area contributed by atoms with Crippen LogP contribution in [0, 0.1) is 18.7 Å². The predicted molar refractivity (Wildman–Crippen MR) is 81.6 cm³/mol. The Kier molecular flexibility index (Phi) is 3.99. The van der Waals surface area contributed by atoms with Crippen LogP contribution in [0.1, 0.15) is 29.7 Å². The summed E-state index contributed by atoms with van der Waals surface area (Å²) < 4.78 is 19.6. The van der Waals surface area contributed by atoms with Crippen LogP contribution in [-0.2, 0) is 6.42 Å². The van der Waals surface area contributed by atoms with Crippen LogP contribution >= 0.6 is 22.9 Å². The number of benzene rings is 1. The number of aryl methyl sites for hydroxylation is 1. The molecule has 20 heavy (non-hydrogen) atoms. The molecule has 0 aliphatic heterocycles. The topological polar surface area (TPSA) is 9.23 Å².